The molecule has 16 heavy (non-hydrogen) atoms. The first-order chi connectivity index (χ1) is 6.97. The molecule has 0 N–H and O–H groups in total. The molecule has 0 atom stereocenters. The highest BCUT2D eigenvalue weighted by atomic mass is 35.7. The summed E-state index contributed by atoms with van der Waals surface area (Å²) in [6.45, 7) is 8.14. The van der Waals surface area contributed by atoms with Crippen molar-refractivity contribution in [3.8, 4) is 0 Å². The monoisotopic (exact) mass is 272 g/mol. The second-order valence-corrected chi connectivity index (χ2v) is 8.08. The van der Waals surface area contributed by atoms with Crippen LogP contribution < -0.4 is 0 Å². The predicted octanol–water partition coefficient (Wildman–Crippen LogP) is 2.02. The van der Waals surface area contributed by atoms with Crippen molar-refractivity contribution >= 4 is 19.7 Å². The van der Waals surface area contributed by atoms with Crippen LogP contribution in [-0.4, -0.2) is 40.1 Å². The Labute approximate surface area is 103 Å². The van der Waals surface area contributed by atoms with Crippen molar-refractivity contribution in [1.29, 1.82) is 0 Å². The lowest BCUT2D eigenvalue weighted by atomic mass is 9.98. The Kier molecular flexibility index (Phi) is 5.72. The Bertz CT molecular complexity index is 309. The van der Waals surface area contributed by atoms with Gasteiger partial charge in [-0.2, -0.15) is 0 Å². The van der Waals surface area contributed by atoms with Gasteiger partial charge in [0.2, 0.25) is 9.05 Å². The predicted molar refractivity (Wildman–Crippen MR) is 65.3 cm³/mol. The Balaban J connectivity index is 4.11. The molecule has 6 heteroatoms. The third-order valence-corrected chi connectivity index (χ3v) is 3.51. The van der Waals surface area contributed by atoms with Gasteiger partial charge >= 0.3 is 0 Å². The fourth-order valence-corrected chi connectivity index (χ4v) is 3.04. The lowest BCUT2D eigenvalue weighted by Crippen LogP contribution is -2.33. The van der Waals surface area contributed by atoms with Gasteiger partial charge in [-0.05, 0) is 13.8 Å². The van der Waals surface area contributed by atoms with Gasteiger partial charge in [-0.1, -0.05) is 13.8 Å². The number of ether oxygens (including phenoxy) is 2. The van der Waals surface area contributed by atoms with Crippen molar-refractivity contribution < 1.29 is 17.9 Å². The Morgan fingerprint density at radius 3 is 2.00 bits per heavy atom. The van der Waals surface area contributed by atoms with E-state index in [0.29, 0.717) is 13.2 Å². The smallest absolute Gasteiger partial charge is 0.233 e. The van der Waals surface area contributed by atoms with Crippen LogP contribution in [0.15, 0.2) is 0 Å². The number of hydrogen-bond donors (Lipinski definition) is 0. The van der Waals surface area contributed by atoms with Crippen LogP contribution in [0, 0.1) is 5.41 Å². The minimum Gasteiger partial charge on any atom is -0.378 e. The summed E-state index contributed by atoms with van der Waals surface area (Å²) < 4.78 is 32.5. The molecule has 0 aromatic heterocycles. The SMILES string of the molecule is COC(C)(C)COCC(C)(C)CS(=O)(=O)Cl. The van der Waals surface area contributed by atoms with Crippen LogP contribution in [0.4, 0.5) is 0 Å². The Hall–Kier alpha value is 0.160. The molecule has 0 heterocycles. The third kappa shape index (κ3) is 8.33. The molecule has 4 nitrogen and oxygen atoms in total. The van der Waals surface area contributed by atoms with Crippen LogP contribution in [-0.2, 0) is 18.5 Å². The Morgan fingerprint density at radius 2 is 1.62 bits per heavy atom. The lowest BCUT2D eigenvalue weighted by Gasteiger charge is -2.27. The van der Waals surface area contributed by atoms with E-state index in [1.54, 1.807) is 21.0 Å². The molecule has 98 valence electrons. The summed E-state index contributed by atoms with van der Waals surface area (Å²) in [6, 6.07) is 0. The first-order valence-electron chi connectivity index (χ1n) is 5.03. The molecule has 0 aromatic carbocycles. The highest BCUT2D eigenvalue weighted by molar-refractivity contribution is 8.13. The van der Waals surface area contributed by atoms with E-state index in [9.17, 15) is 8.42 Å². The molecule has 0 spiro atoms. The summed E-state index contributed by atoms with van der Waals surface area (Å²) >= 11 is 0. The maximum Gasteiger partial charge on any atom is 0.233 e. The van der Waals surface area contributed by atoms with Gasteiger partial charge in [0, 0.05) is 23.2 Å². The van der Waals surface area contributed by atoms with E-state index in [1.165, 1.54) is 0 Å². The highest BCUT2D eigenvalue weighted by Gasteiger charge is 2.26. The molecule has 0 saturated heterocycles. The minimum absolute atomic E-state index is 0.102. The van der Waals surface area contributed by atoms with Crippen molar-refractivity contribution in [2.45, 2.75) is 33.3 Å². The molecule has 0 radical (unpaired) electrons. The zero-order valence-electron chi connectivity index (χ0n) is 10.5. The summed E-state index contributed by atoms with van der Waals surface area (Å²) in [4.78, 5) is 0. The molecule has 0 aliphatic carbocycles. The fourth-order valence-electron chi connectivity index (χ4n) is 1.14. The van der Waals surface area contributed by atoms with Gasteiger partial charge < -0.3 is 9.47 Å². The van der Waals surface area contributed by atoms with Gasteiger partial charge in [0.05, 0.1) is 24.6 Å². The van der Waals surface area contributed by atoms with Gasteiger partial charge in [0.25, 0.3) is 0 Å². The number of hydrogen-bond acceptors (Lipinski definition) is 4. The van der Waals surface area contributed by atoms with Crippen LogP contribution in [0.3, 0.4) is 0 Å². The van der Waals surface area contributed by atoms with E-state index in [-0.39, 0.29) is 11.4 Å². The summed E-state index contributed by atoms with van der Waals surface area (Å²) in [7, 11) is 3.32. The zero-order valence-corrected chi connectivity index (χ0v) is 12.1. The summed E-state index contributed by atoms with van der Waals surface area (Å²) in [6.07, 6.45) is 0. The van der Waals surface area contributed by atoms with Gasteiger partial charge in [0.1, 0.15) is 0 Å². The van der Waals surface area contributed by atoms with Crippen LogP contribution in [0.25, 0.3) is 0 Å². The van der Waals surface area contributed by atoms with E-state index in [2.05, 4.69) is 0 Å². The van der Waals surface area contributed by atoms with Crippen LogP contribution in [0.1, 0.15) is 27.7 Å². The largest absolute Gasteiger partial charge is 0.378 e. The van der Waals surface area contributed by atoms with E-state index in [4.69, 9.17) is 20.2 Å². The summed E-state index contributed by atoms with van der Waals surface area (Å²) in [5, 5.41) is 0. The molecule has 0 aromatic rings. The number of methoxy groups -OCH3 is 1. The second-order valence-electron chi connectivity index (χ2n) is 5.30. The quantitative estimate of drug-likeness (QED) is 0.666. The van der Waals surface area contributed by atoms with E-state index >= 15 is 0 Å². The molecular weight excluding hydrogens is 252 g/mol. The van der Waals surface area contributed by atoms with Gasteiger partial charge in [-0.3, -0.25) is 0 Å². The highest BCUT2D eigenvalue weighted by Crippen LogP contribution is 2.21. The number of rotatable bonds is 7. The summed E-state index contributed by atoms with van der Waals surface area (Å²) in [5.74, 6) is -0.102. The Morgan fingerprint density at radius 1 is 1.12 bits per heavy atom. The maximum absolute atomic E-state index is 10.9. The first kappa shape index (κ1) is 16.2. The van der Waals surface area contributed by atoms with E-state index in [0.717, 1.165) is 0 Å². The average molecular weight is 273 g/mol. The molecule has 0 fully saturated rings. The first-order valence-corrected chi connectivity index (χ1v) is 7.51. The topological polar surface area (TPSA) is 52.6 Å². The van der Waals surface area contributed by atoms with Crippen molar-refractivity contribution in [3.63, 3.8) is 0 Å². The molecule has 0 aliphatic heterocycles. The van der Waals surface area contributed by atoms with Crippen molar-refractivity contribution in [2.24, 2.45) is 5.41 Å². The van der Waals surface area contributed by atoms with Gasteiger partial charge in [-0.15, -0.1) is 0 Å². The van der Waals surface area contributed by atoms with Crippen molar-refractivity contribution in [3.05, 3.63) is 0 Å². The number of halogens is 1. The molecule has 0 rings (SSSR count). The van der Waals surface area contributed by atoms with Crippen LogP contribution in [0.5, 0.6) is 0 Å². The molecule has 0 unspecified atom stereocenters. The average Bonchev–Trinajstić information content (AvgIpc) is 1.98. The molecule has 0 bridgehead atoms. The molecule has 0 saturated carbocycles. The maximum atomic E-state index is 10.9. The summed E-state index contributed by atoms with van der Waals surface area (Å²) in [5.41, 5.74) is -0.861. The van der Waals surface area contributed by atoms with E-state index < -0.39 is 14.5 Å². The normalized spacial score (nSPS) is 14.1. The van der Waals surface area contributed by atoms with Gasteiger partial charge in [-0.25, -0.2) is 8.42 Å². The third-order valence-electron chi connectivity index (χ3n) is 2.06. The molecular formula is C10H21ClO4S. The molecule has 0 amide bonds. The second kappa shape index (κ2) is 5.67. The lowest BCUT2D eigenvalue weighted by molar-refractivity contribution is -0.0636. The fraction of sp³-hybridized carbons (Fsp3) is 1.00. The standard InChI is InChI=1S/C10H21ClO4S/c1-9(2,8-16(11,12)13)6-15-7-10(3,4)14-5/h6-8H2,1-5H3. The van der Waals surface area contributed by atoms with E-state index in [1.807, 2.05) is 13.8 Å². The zero-order chi connectivity index (χ0) is 13.0. The minimum atomic E-state index is -3.49. The van der Waals surface area contributed by atoms with Crippen LogP contribution in [0.2, 0.25) is 0 Å². The van der Waals surface area contributed by atoms with Crippen molar-refractivity contribution in [2.75, 3.05) is 26.1 Å². The molecule has 0 aliphatic rings. The van der Waals surface area contributed by atoms with Gasteiger partial charge in [0.15, 0.2) is 0 Å². The van der Waals surface area contributed by atoms with Crippen molar-refractivity contribution in [1.82, 2.24) is 0 Å². The van der Waals surface area contributed by atoms with Crippen LogP contribution >= 0.6 is 10.7 Å².